The van der Waals surface area contributed by atoms with Crippen LogP contribution < -0.4 is 4.74 Å². The fourth-order valence-electron chi connectivity index (χ4n) is 4.89. The van der Waals surface area contributed by atoms with Crippen molar-refractivity contribution in [3.05, 3.63) is 84.2 Å². The van der Waals surface area contributed by atoms with E-state index in [0.29, 0.717) is 19.5 Å². The summed E-state index contributed by atoms with van der Waals surface area (Å²) in [7, 11) is 1.66. The number of piperidine rings is 1. The number of likely N-dealkylation sites (tertiary alicyclic amines) is 1. The summed E-state index contributed by atoms with van der Waals surface area (Å²) in [4.78, 5) is 18.5. The van der Waals surface area contributed by atoms with Gasteiger partial charge in [0.05, 0.1) is 24.2 Å². The van der Waals surface area contributed by atoms with Crippen LogP contribution in [0.15, 0.2) is 72.8 Å². The first-order valence-corrected chi connectivity index (χ1v) is 11.8. The molecule has 6 heteroatoms. The minimum atomic E-state index is -0.754. The van der Waals surface area contributed by atoms with E-state index in [-0.39, 0.29) is 11.7 Å². The van der Waals surface area contributed by atoms with Crippen LogP contribution in [-0.4, -0.2) is 41.2 Å². The van der Waals surface area contributed by atoms with Gasteiger partial charge in [0.2, 0.25) is 0 Å². The summed E-state index contributed by atoms with van der Waals surface area (Å²) in [6.45, 7) is 1.88. The molecule has 1 fully saturated rings. The number of hydrogen-bond donors (Lipinski definition) is 1. The predicted molar refractivity (Wildman–Crippen MR) is 135 cm³/mol. The molecule has 0 radical (unpaired) electrons. The van der Waals surface area contributed by atoms with Crippen molar-refractivity contribution < 1.29 is 19.0 Å². The van der Waals surface area contributed by atoms with Gasteiger partial charge in [-0.2, -0.15) is 0 Å². The second-order valence-corrected chi connectivity index (χ2v) is 9.02. The molecule has 3 aromatic carbocycles. The van der Waals surface area contributed by atoms with Gasteiger partial charge in [0.15, 0.2) is 0 Å². The Kier molecular flexibility index (Phi) is 6.47. The van der Waals surface area contributed by atoms with E-state index >= 15 is 0 Å². The summed E-state index contributed by atoms with van der Waals surface area (Å²) < 4.78 is 19.6. The minimum absolute atomic E-state index is 0.309. The third kappa shape index (κ3) is 4.88. The maximum absolute atomic E-state index is 14.1. The Morgan fingerprint density at radius 3 is 2.63 bits per heavy atom. The maximum Gasteiger partial charge on any atom is 0.307 e. The van der Waals surface area contributed by atoms with Crippen LogP contribution in [0.4, 0.5) is 4.39 Å². The summed E-state index contributed by atoms with van der Waals surface area (Å²) in [6.07, 6.45) is 1.53. The first-order chi connectivity index (χ1) is 17.0. The molecule has 0 spiro atoms. The summed E-state index contributed by atoms with van der Waals surface area (Å²) in [6, 6.07) is 22.7. The molecule has 1 unspecified atom stereocenters. The summed E-state index contributed by atoms with van der Waals surface area (Å²) >= 11 is 0. The van der Waals surface area contributed by atoms with Gasteiger partial charge in [-0.3, -0.25) is 9.69 Å². The molecule has 178 valence electrons. The molecule has 0 aliphatic carbocycles. The van der Waals surface area contributed by atoms with Crippen molar-refractivity contribution in [3.63, 3.8) is 0 Å². The Labute approximate surface area is 203 Å². The van der Waals surface area contributed by atoms with Crippen molar-refractivity contribution in [2.75, 3.05) is 20.2 Å². The van der Waals surface area contributed by atoms with Gasteiger partial charge >= 0.3 is 5.97 Å². The fourth-order valence-corrected chi connectivity index (χ4v) is 4.89. The smallest absolute Gasteiger partial charge is 0.307 e. The van der Waals surface area contributed by atoms with E-state index in [1.165, 1.54) is 12.1 Å². The molecule has 35 heavy (non-hydrogen) atoms. The number of hydrogen-bond acceptors (Lipinski definition) is 4. The van der Waals surface area contributed by atoms with Crippen LogP contribution in [0.1, 0.15) is 18.4 Å². The number of pyridine rings is 1. The van der Waals surface area contributed by atoms with Crippen molar-refractivity contribution in [2.24, 2.45) is 5.92 Å². The normalized spacial score (nSPS) is 16.3. The molecule has 0 bridgehead atoms. The minimum Gasteiger partial charge on any atom is -0.496 e. The average Bonchev–Trinajstić information content (AvgIpc) is 2.89. The molecule has 1 aromatic heterocycles. The van der Waals surface area contributed by atoms with Crippen LogP contribution in [0.3, 0.4) is 0 Å². The predicted octanol–water partition coefficient (Wildman–Crippen LogP) is 6.01. The van der Waals surface area contributed by atoms with E-state index < -0.39 is 5.97 Å². The number of methoxy groups -OCH3 is 1. The van der Waals surface area contributed by atoms with Crippen molar-refractivity contribution in [2.45, 2.75) is 19.4 Å². The van der Waals surface area contributed by atoms with Crippen LogP contribution in [0, 0.1) is 11.7 Å². The first-order valence-electron chi connectivity index (χ1n) is 11.8. The number of carbonyl (C=O) groups is 1. The molecular formula is C29H27FN2O3. The van der Waals surface area contributed by atoms with Crippen LogP contribution in [0.25, 0.3) is 33.3 Å². The number of aliphatic carboxylic acids is 1. The van der Waals surface area contributed by atoms with Crippen molar-refractivity contribution >= 4 is 16.9 Å². The van der Waals surface area contributed by atoms with E-state index in [2.05, 4.69) is 4.90 Å². The van der Waals surface area contributed by atoms with Gasteiger partial charge in [0, 0.05) is 29.6 Å². The highest BCUT2D eigenvalue weighted by Crippen LogP contribution is 2.32. The number of carboxylic acids is 1. The van der Waals surface area contributed by atoms with Crippen LogP contribution in [-0.2, 0) is 11.3 Å². The number of halogens is 1. The van der Waals surface area contributed by atoms with Crippen LogP contribution in [0.2, 0.25) is 0 Å². The number of carboxylic acid groups (broad SMARTS) is 1. The molecule has 0 saturated carbocycles. The van der Waals surface area contributed by atoms with Gasteiger partial charge in [-0.05, 0) is 60.8 Å². The quantitative estimate of drug-likeness (QED) is 0.374. The molecule has 1 aliphatic heterocycles. The lowest BCUT2D eigenvalue weighted by Gasteiger charge is -2.31. The lowest BCUT2D eigenvalue weighted by molar-refractivity contribution is -0.143. The van der Waals surface area contributed by atoms with E-state index in [0.717, 1.165) is 57.6 Å². The molecule has 0 amide bonds. The van der Waals surface area contributed by atoms with E-state index in [1.54, 1.807) is 13.2 Å². The third-order valence-corrected chi connectivity index (χ3v) is 6.70. The number of benzene rings is 3. The molecule has 1 atom stereocenters. The number of aromatic nitrogens is 1. The van der Waals surface area contributed by atoms with Crippen LogP contribution >= 0.6 is 0 Å². The van der Waals surface area contributed by atoms with Crippen molar-refractivity contribution in [3.8, 4) is 28.1 Å². The maximum atomic E-state index is 14.1. The van der Waals surface area contributed by atoms with Gasteiger partial charge in [-0.15, -0.1) is 0 Å². The Hall–Kier alpha value is -3.77. The van der Waals surface area contributed by atoms with Crippen molar-refractivity contribution in [1.29, 1.82) is 0 Å². The fraction of sp³-hybridized carbons (Fsp3) is 0.241. The topological polar surface area (TPSA) is 62.7 Å². The summed E-state index contributed by atoms with van der Waals surface area (Å²) in [5.74, 6) is -0.613. The number of fused-ring (bicyclic) bond motifs is 1. The molecular weight excluding hydrogens is 443 g/mol. The molecule has 1 N–H and O–H groups in total. The Bertz CT molecular complexity index is 1370. The number of ether oxygens (including phenoxy) is 1. The lowest BCUT2D eigenvalue weighted by atomic mass is 9.96. The van der Waals surface area contributed by atoms with Gasteiger partial charge < -0.3 is 9.84 Å². The summed E-state index contributed by atoms with van der Waals surface area (Å²) in [5, 5.41) is 10.2. The van der Waals surface area contributed by atoms with Gasteiger partial charge in [0.25, 0.3) is 0 Å². The molecule has 2 heterocycles. The Balaban J connectivity index is 1.50. The summed E-state index contributed by atoms with van der Waals surface area (Å²) in [5.41, 5.74) is 5.49. The van der Waals surface area contributed by atoms with Crippen molar-refractivity contribution in [1.82, 2.24) is 9.88 Å². The van der Waals surface area contributed by atoms with E-state index in [9.17, 15) is 14.3 Å². The van der Waals surface area contributed by atoms with E-state index in [4.69, 9.17) is 9.72 Å². The Morgan fingerprint density at radius 2 is 1.86 bits per heavy atom. The highest BCUT2D eigenvalue weighted by molar-refractivity contribution is 5.85. The SMILES string of the molecule is COc1ccccc1-c1ccc(-c2cc(CN3CCCC(C(=O)O)C3)c3cc(F)ccc3n2)cc1. The molecule has 4 aromatic rings. The zero-order valence-corrected chi connectivity index (χ0v) is 19.6. The standard InChI is InChI=1S/C29H27FN2O3/c1-35-28-7-3-2-6-24(28)19-8-10-20(11-9-19)27-15-22(25-16-23(30)12-13-26(25)31-27)18-32-14-4-5-21(17-32)29(33)34/h2-3,6-13,15-16,21H,4-5,14,17-18H2,1H3,(H,33,34). The monoisotopic (exact) mass is 470 g/mol. The molecule has 5 rings (SSSR count). The highest BCUT2D eigenvalue weighted by atomic mass is 19.1. The number of nitrogens with zero attached hydrogens (tertiary/aromatic N) is 2. The largest absolute Gasteiger partial charge is 0.496 e. The first kappa shape index (κ1) is 23.0. The Morgan fingerprint density at radius 1 is 1.09 bits per heavy atom. The lowest BCUT2D eigenvalue weighted by Crippen LogP contribution is -2.38. The van der Waals surface area contributed by atoms with Gasteiger partial charge in [-0.1, -0.05) is 42.5 Å². The second-order valence-electron chi connectivity index (χ2n) is 9.02. The third-order valence-electron chi connectivity index (χ3n) is 6.70. The van der Waals surface area contributed by atoms with Crippen LogP contribution in [0.5, 0.6) is 5.75 Å². The number of para-hydroxylation sites is 1. The van der Waals surface area contributed by atoms with Gasteiger partial charge in [0.1, 0.15) is 11.6 Å². The molecule has 1 aliphatic rings. The molecule has 5 nitrogen and oxygen atoms in total. The second kappa shape index (κ2) is 9.84. The highest BCUT2D eigenvalue weighted by Gasteiger charge is 2.26. The molecule has 1 saturated heterocycles. The zero-order chi connectivity index (χ0) is 24.4. The number of rotatable bonds is 6. The van der Waals surface area contributed by atoms with Gasteiger partial charge in [-0.25, -0.2) is 9.37 Å². The zero-order valence-electron chi connectivity index (χ0n) is 19.6. The van der Waals surface area contributed by atoms with E-state index in [1.807, 2.05) is 54.6 Å². The average molecular weight is 471 g/mol.